The Morgan fingerprint density at radius 2 is 2.00 bits per heavy atom. The number of hydrogen-bond donors (Lipinski definition) is 2. The first kappa shape index (κ1) is 14.7. The average Bonchev–Trinajstić information content (AvgIpc) is 3.25. The van der Waals surface area contributed by atoms with Crippen LogP contribution < -0.4 is 7.06 Å². The van der Waals surface area contributed by atoms with Crippen molar-refractivity contribution >= 4 is 48.9 Å². The number of carbonyl (C=O) groups is 1. The number of carbonyl (C=O) groups excluding carboxylic acids is 1. The van der Waals surface area contributed by atoms with E-state index in [4.69, 9.17) is 9.47 Å². The Bertz CT molecular complexity index is 379. The minimum atomic E-state index is -1.14. The van der Waals surface area contributed by atoms with E-state index in [2.05, 4.69) is 29.7 Å². The molecule has 1 aliphatic carbocycles. The van der Waals surface area contributed by atoms with Gasteiger partial charge in [-0.2, -0.15) is 0 Å². The fourth-order valence-corrected chi connectivity index (χ4v) is 10.4. The molecule has 0 aromatic carbocycles. The molecule has 7 heteroatoms. The van der Waals surface area contributed by atoms with Crippen molar-refractivity contribution in [3.8, 4) is 0 Å². The predicted octanol–water partition coefficient (Wildman–Crippen LogP) is 2.47. The van der Waals surface area contributed by atoms with Gasteiger partial charge in [0.2, 0.25) is 0 Å². The van der Waals surface area contributed by atoms with Crippen LogP contribution in [0, 0.1) is 5.92 Å². The Balaban J connectivity index is 1.60. The van der Waals surface area contributed by atoms with E-state index in [-0.39, 0.29) is 15.9 Å². The molecule has 2 atom stereocenters. The Morgan fingerprint density at radius 3 is 2.47 bits per heavy atom. The average molecular weight is 494 g/mol. The molecule has 1 saturated carbocycles. The number of ether oxygens (including phenoxy) is 2. The molecule has 0 radical (unpaired) electrons. The van der Waals surface area contributed by atoms with Crippen molar-refractivity contribution in [1.82, 2.24) is 7.06 Å². The molecule has 2 heterocycles. The Labute approximate surface area is 135 Å². The quantitative estimate of drug-likeness (QED) is 0.117. The summed E-state index contributed by atoms with van der Waals surface area (Å²) in [6, 6.07) is 0. The number of rotatable bonds is 5. The van der Waals surface area contributed by atoms with Gasteiger partial charge in [-0.1, -0.05) is 0 Å². The zero-order chi connectivity index (χ0) is 13.7. The van der Waals surface area contributed by atoms with Gasteiger partial charge < -0.3 is 0 Å². The zero-order valence-corrected chi connectivity index (χ0v) is 15.5. The molecule has 0 aromatic heterocycles. The third kappa shape index (κ3) is 2.53. The molecule has 0 amide bonds. The molecule has 110 valence electrons. The van der Waals surface area contributed by atoms with Gasteiger partial charge in [0.05, 0.1) is 0 Å². The number of esters is 1. The summed E-state index contributed by atoms with van der Waals surface area (Å²) in [7, 11) is 1.64. The third-order valence-electron chi connectivity index (χ3n) is 4.18. The summed E-state index contributed by atoms with van der Waals surface area (Å²) in [5.41, 5.74) is 0. The second-order valence-corrected chi connectivity index (χ2v) is 12.0. The first-order chi connectivity index (χ1) is 9.01. The minimum absolute atomic E-state index is 0.0700. The van der Waals surface area contributed by atoms with Crippen molar-refractivity contribution in [2.24, 2.45) is 5.92 Å². The second kappa shape index (κ2) is 5.22. The molecule has 5 nitrogen and oxygen atoms in total. The van der Waals surface area contributed by atoms with E-state index in [9.17, 15) is 4.79 Å². The first-order valence-electron chi connectivity index (χ1n) is 6.69. The summed E-state index contributed by atoms with van der Waals surface area (Å²) in [5.74, 6) is 0.212. The normalized spacial score (nSPS) is 31.0. The van der Waals surface area contributed by atoms with Gasteiger partial charge in [0.1, 0.15) is 0 Å². The molecular weight excluding hydrogens is 474 g/mol. The SMILES string of the molecule is COC(OC(=O)C(C)(I)C12NI1N2)C1CCCCC1. The maximum absolute atomic E-state index is 12.4. The van der Waals surface area contributed by atoms with Crippen LogP contribution in [0.3, 0.4) is 0 Å². The van der Waals surface area contributed by atoms with Crippen LogP contribution in [0.15, 0.2) is 0 Å². The topological polar surface area (TPSA) is 79.4 Å². The molecule has 3 aliphatic rings. The molecule has 0 aromatic rings. The van der Waals surface area contributed by atoms with E-state index in [1.807, 2.05) is 6.92 Å². The number of halogens is 2. The van der Waals surface area contributed by atoms with E-state index in [0.717, 1.165) is 12.8 Å². The van der Waals surface area contributed by atoms with Crippen LogP contribution in [0.25, 0.3) is 0 Å². The monoisotopic (exact) mass is 494 g/mol. The van der Waals surface area contributed by atoms with Crippen LogP contribution in [-0.2, 0) is 14.3 Å². The molecule has 2 saturated heterocycles. The summed E-state index contributed by atoms with van der Waals surface area (Å²) < 4.78 is 17.3. The van der Waals surface area contributed by atoms with Gasteiger partial charge in [-0.05, 0) is 0 Å². The van der Waals surface area contributed by atoms with Crippen LogP contribution in [0.5, 0.6) is 0 Å². The van der Waals surface area contributed by atoms with Crippen LogP contribution in [0.4, 0.5) is 0 Å². The van der Waals surface area contributed by atoms with Crippen molar-refractivity contribution in [2.75, 3.05) is 7.11 Å². The third-order valence-corrected chi connectivity index (χ3v) is 11.3. The molecule has 3 rings (SSSR count). The van der Waals surface area contributed by atoms with Gasteiger partial charge in [0.15, 0.2) is 0 Å². The molecule has 2 unspecified atom stereocenters. The van der Waals surface area contributed by atoms with Gasteiger partial charge in [-0.25, -0.2) is 0 Å². The van der Waals surface area contributed by atoms with Crippen LogP contribution in [0.1, 0.15) is 39.0 Å². The van der Waals surface area contributed by atoms with Crippen molar-refractivity contribution < 1.29 is 14.3 Å². The molecule has 3 fully saturated rings. The Morgan fingerprint density at radius 1 is 1.42 bits per heavy atom. The van der Waals surface area contributed by atoms with Gasteiger partial charge in [0, 0.05) is 0 Å². The fraction of sp³-hybridized carbons (Fsp3) is 0.917. The molecular formula is C12H20I2N2O3. The summed E-state index contributed by atoms with van der Waals surface area (Å²) >= 11 is 1.08. The van der Waals surface area contributed by atoms with Crippen LogP contribution >= 0.6 is 43.0 Å². The van der Waals surface area contributed by atoms with Crippen molar-refractivity contribution in [1.29, 1.82) is 0 Å². The first-order valence-corrected chi connectivity index (χ1v) is 11.0. The fourth-order valence-electron chi connectivity index (χ4n) is 2.68. The van der Waals surface area contributed by atoms with Crippen molar-refractivity contribution in [2.45, 2.75) is 52.4 Å². The molecule has 2 N–H and O–H groups in total. The molecule has 19 heavy (non-hydrogen) atoms. The van der Waals surface area contributed by atoms with Crippen LogP contribution in [0.2, 0.25) is 0 Å². The van der Waals surface area contributed by atoms with Crippen molar-refractivity contribution in [3.63, 3.8) is 0 Å². The van der Waals surface area contributed by atoms with E-state index >= 15 is 0 Å². The van der Waals surface area contributed by atoms with E-state index in [1.54, 1.807) is 7.11 Å². The van der Waals surface area contributed by atoms with E-state index in [0.29, 0.717) is 5.92 Å². The summed E-state index contributed by atoms with van der Waals surface area (Å²) in [4.78, 5) is 12.4. The van der Waals surface area contributed by atoms with E-state index in [1.165, 1.54) is 19.3 Å². The zero-order valence-electron chi connectivity index (χ0n) is 11.2. The maximum atomic E-state index is 12.4. The molecule has 0 spiro atoms. The van der Waals surface area contributed by atoms with Gasteiger partial charge in [-0.3, -0.25) is 0 Å². The van der Waals surface area contributed by atoms with Crippen LogP contribution in [-0.4, -0.2) is 26.5 Å². The molecule has 2 aliphatic heterocycles. The Hall–Kier alpha value is 0.810. The van der Waals surface area contributed by atoms with Gasteiger partial charge in [0.25, 0.3) is 0 Å². The summed E-state index contributed by atoms with van der Waals surface area (Å²) in [6.45, 7) is 1.95. The van der Waals surface area contributed by atoms with Gasteiger partial charge >= 0.3 is 136 Å². The summed E-state index contributed by atoms with van der Waals surface area (Å²) in [5, 5.41) is 0. The second-order valence-electron chi connectivity index (χ2n) is 5.54. The number of methoxy groups -OCH3 is 1. The molecule has 0 bridgehead atoms. The number of nitrogens with one attached hydrogen (secondary N) is 2. The summed E-state index contributed by atoms with van der Waals surface area (Å²) in [6.07, 6.45) is 5.54. The van der Waals surface area contributed by atoms with Gasteiger partial charge in [-0.15, -0.1) is 0 Å². The standard InChI is InChI=1S/C12H20I2N2O3/c1-11(13,12-14(15-12)16-12)10(17)19-9(18-2)8-6-4-3-5-7-8/h8-9,15-16H,3-7H2,1-2H3. The number of fused-ring (bicyclic) bond motifs is 1. The number of hydrogen-bond acceptors (Lipinski definition) is 5. The van der Waals surface area contributed by atoms with Crippen molar-refractivity contribution in [3.05, 3.63) is 0 Å². The Kier molecular flexibility index (Phi) is 4.05. The number of alkyl halides is 2. The van der Waals surface area contributed by atoms with E-state index < -0.39 is 23.8 Å². The predicted molar refractivity (Wildman–Crippen MR) is 88.9 cm³/mol.